The lowest BCUT2D eigenvalue weighted by atomic mass is 10.1. The summed E-state index contributed by atoms with van der Waals surface area (Å²) in [4.78, 5) is 14.7. The molecule has 2 aliphatic heterocycles. The number of ether oxygens (including phenoxy) is 2. The zero-order valence-electron chi connectivity index (χ0n) is 15.5. The summed E-state index contributed by atoms with van der Waals surface area (Å²) in [6, 6.07) is 10.7. The van der Waals surface area contributed by atoms with Gasteiger partial charge in [-0.1, -0.05) is 18.2 Å². The second-order valence-electron chi connectivity index (χ2n) is 6.78. The average molecular weight is 404 g/mol. The van der Waals surface area contributed by atoms with E-state index in [1.807, 2.05) is 23.1 Å². The van der Waals surface area contributed by atoms with Gasteiger partial charge < -0.3 is 19.7 Å². The molecule has 0 unspecified atom stereocenters. The van der Waals surface area contributed by atoms with Crippen LogP contribution in [-0.4, -0.2) is 38.8 Å². The summed E-state index contributed by atoms with van der Waals surface area (Å²) in [6.07, 6.45) is -2.81. The molecule has 152 valence electrons. The largest absolute Gasteiger partial charge is 0.488 e. The van der Waals surface area contributed by atoms with Crippen molar-refractivity contribution in [1.29, 1.82) is 0 Å². The predicted octanol–water partition coefficient (Wildman–Crippen LogP) is 3.96. The second kappa shape index (κ2) is 7.79. The third-order valence-electron chi connectivity index (χ3n) is 4.85. The number of anilines is 2. The standard InChI is InChI=1S/C21H19F3N2O3/c22-21(23,24)16-5-6-18(26-7-9-28-10-8-26)17(12-16)25-20(27)15-11-14-3-1-2-4-19(14)29-13-15/h1-6,11-12H,7-10,13H2,(H,25,27). The highest BCUT2D eigenvalue weighted by Crippen LogP contribution is 2.36. The summed E-state index contributed by atoms with van der Waals surface area (Å²) in [5.74, 6) is 0.172. The first kappa shape index (κ1) is 19.3. The van der Waals surface area contributed by atoms with Crippen molar-refractivity contribution in [2.75, 3.05) is 43.1 Å². The number of carbonyl (C=O) groups excluding carboxylic acids is 1. The molecule has 1 amide bonds. The van der Waals surface area contributed by atoms with Gasteiger partial charge in [-0.15, -0.1) is 0 Å². The summed E-state index contributed by atoms with van der Waals surface area (Å²) in [6.45, 7) is 2.07. The van der Waals surface area contributed by atoms with E-state index in [9.17, 15) is 18.0 Å². The van der Waals surface area contributed by atoms with Crippen LogP contribution in [0.25, 0.3) is 6.08 Å². The molecule has 2 aromatic carbocycles. The third-order valence-corrected chi connectivity index (χ3v) is 4.85. The molecule has 2 aromatic rings. The summed E-state index contributed by atoms with van der Waals surface area (Å²) in [7, 11) is 0. The lowest BCUT2D eigenvalue weighted by Gasteiger charge is -2.31. The van der Waals surface area contributed by atoms with Gasteiger partial charge in [-0.3, -0.25) is 4.79 Å². The maximum absolute atomic E-state index is 13.2. The Morgan fingerprint density at radius 2 is 1.83 bits per heavy atom. The Labute approximate surface area is 165 Å². The van der Waals surface area contributed by atoms with Gasteiger partial charge in [0.2, 0.25) is 0 Å². The van der Waals surface area contributed by atoms with Crippen molar-refractivity contribution in [2.45, 2.75) is 6.18 Å². The van der Waals surface area contributed by atoms with Gasteiger partial charge in [0, 0.05) is 18.7 Å². The molecule has 0 spiro atoms. The van der Waals surface area contributed by atoms with Crippen molar-refractivity contribution in [1.82, 2.24) is 0 Å². The van der Waals surface area contributed by atoms with E-state index in [0.717, 1.165) is 17.7 Å². The number of benzene rings is 2. The van der Waals surface area contributed by atoms with Crippen molar-refractivity contribution < 1.29 is 27.4 Å². The Morgan fingerprint density at radius 3 is 2.59 bits per heavy atom. The van der Waals surface area contributed by atoms with E-state index in [-0.39, 0.29) is 12.3 Å². The highest BCUT2D eigenvalue weighted by Gasteiger charge is 2.32. The van der Waals surface area contributed by atoms with Crippen LogP contribution >= 0.6 is 0 Å². The highest BCUT2D eigenvalue weighted by molar-refractivity contribution is 6.09. The lowest BCUT2D eigenvalue weighted by molar-refractivity contribution is -0.137. The van der Waals surface area contributed by atoms with Crippen molar-refractivity contribution in [3.05, 3.63) is 59.2 Å². The zero-order valence-corrected chi connectivity index (χ0v) is 15.5. The molecule has 0 aliphatic carbocycles. The molecule has 1 fully saturated rings. The van der Waals surface area contributed by atoms with Crippen LogP contribution in [0.1, 0.15) is 11.1 Å². The van der Waals surface area contributed by atoms with Gasteiger partial charge in [0.1, 0.15) is 12.4 Å². The maximum atomic E-state index is 13.2. The van der Waals surface area contributed by atoms with Gasteiger partial charge in [-0.2, -0.15) is 13.2 Å². The summed E-state index contributed by atoms with van der Waals surface area (Å²) >= 11 is 0. The molecular weight excluding hydrogens is 385 g/mol. The monoisotopic (exact) mass is 404 g/mol. The van der Waals surface area contributed by atoms with E-state index >= 15 is 0 Å². The van der Waals surface area contributed by atoms with Crippen molar-refractivity contribution >= 4 is 23.4 Å². The number of halogens is 3. The Balaban J connectivity index is 1.64. The van der Waals surface area contributed by atoms with Crippen LogP contribution in [0.4, 0.5) is 24.5 Å². The molecule has 5 nitrogen and oxygen atoms in total. The normalized spacial score (nSPS) is 16.5. The maximum Gasteiger partial charge on any atom is 0.416 e. The van der Waals surface area contributed by atoms with Gasteiger partial charge in [0.25, 0.3) is 5.91 Å². The van der Waals surface area contributed by atoms with Crippen LogP contribution < -0.4 is 15.0 Å². The van der Waals surface area contributed by atoms with E-state index in [1.54, 1.807) is 12.1 Å². The minimum atomic E-state index is -4.50. The number of carbonyl (C=O) groups is 1. The van der Waals surface area contributed by atoms with Crippen LogP contribution in [-0.2, 0) is 15.7 Å². The molecule has 0 bridgehead atoms. The number of alkyl halides is 3. The number of nitrogens with zero attached hydrogens (tertiary/aromatic N) is 1. The first-order valence-electron chi connectivity index (χ1n) is 9.19. The molecular formula is C21H19F3N2O3. The summed E-state index contributed by atoms with van der Waals surface area (Å²) in [5, 5.41) is 2.65. The van der Waals surface area contributed by atoms with Crippen molar-refractivity contribution in [3.63, 3.8) is 0 Å². The molecule has 29 heavy (non-hydrogen) atoms. The van der Waals surface area contributed by atoms with E-state index in [4.69, 9.17) is 9.47 Å². The van der Waals surface area contributed by atoms with Gasteiger partial charge >= 0.3 is 6.18 Å². The molecule has 4 rings (SSSR count). The number of fused-ring (bicyclic) bond motifs is 1. The summed E-state index contributed by atoms with van der Waals surface area (Å²) in [5.41, 5.74) is 0.929. The van der Waals surface area contributed by atoms with E-state index < -0.39 is 17.6 Å². The van der Waals surface area contributed by atoms with Crippen LogP contribution in [0.2, 0.25) is 0 Å². The molecule has 0 aromatic heterocycles. The Kier molecular flexibility index (Phi) is 5.19. The molecule has 0 saturated carbocycles. The zero-order chi connectivity index (χ0) is 20.4. The number of morpholine rings is 1. The molecule has 2 heterocycles. The molecule has 8 heteroatoms. The van der Waals surface area contributed by atoms with Gasteiger partial charge in [0.05, 0.1) is 35.7 Å². The quantitative estimate of drug-likeness (QED) is 0.842. The number of rotatable bonds is 3. The van der Waals surface area contributed by atoms with Crippen LogP contribution in [0.3, 0.4) is 0 Å². The Hall–Kier alpha value is -3.00. The van der Waals surface area contributed by atoms with Gasteiger partial charge in [-0.05, 0) is 30.3 Å². The number of para-hydroxylation sites is 1. The van der Waals surface area contributed by atoms with Gasteiger partial charge in [0.15, 0.2) is 0 Å². The molecule has 0 radical (unpaired) electrons. The topological polar surface area (TPSA) is 50.8 Å². The molecule has 0 atom stereocenters. The first-order valence-corrected chi connectivity index (χ1v) is 9.19. The van der Waals surface area contributed by atoms with Crippen molar-refractivity contribution in [3.8, 4) is 5.75 Å². The number of hydrogen-bond donors (Lipinski definition) is 1. The third kappa shape index (κ3) is 4.22. The van der Waals surface area contributed by atoms with E-state index in [2.05, 4.69) is 5.32 Å². The smallest absolute Gasteiger partial charge is 0.416 e. The number of amides is 1. The Bertz CT molecular complexity index is 950. The summed E-state index contributed by atoms with van der Waals surface area (Å²) < 4.78 is 50.6. The fraction of sp³-hybridized carbons (Fsp3) is 0.286. The first-order chi connectivity index (χ1) is 13.9. The van der Waals surface area contributed by atoms with E-state index in [1.165, 1.54) is 6.07 Å². The molecule has 2 aliphatic rings. The van der Waals surface area contributed by atoms with Gasteiger partial charge in [-0.25, -0.2) is 0 Å². The highest BCUT2D eigenvalue weighted by atomic mass is 19.4. The van der Waals surface area contributed by atoms with E-state index in [0.29, 0.717) is 43.3 Å². The predicted molar refractivity (Wildman–Crippen MR) is 103 cm³/mol. The second-order valence-corrected chi connectivity index (χ2v) is 6.78. The fourth-order valence-corrected chi connectivity index (χ4v) is 3.34. The molecule has 1 N–H and O–H groups in total. The van der Waals surface area contributed by atoms with Crippen LogP contribution in [0, 0.1) is 0 Å². The lowest BCUT2D eigenvalue weighted by Crippen LogP contribution is -2.37. The Morgan fingerprint density at radius 1 is 1.07 bits per heavy atom. The fourth-order valence-electron chi connectivity index (χ4n) is 3.34. The van der Waals surface area contributed by atoms with Crippen LogP contribution in [0.15, 0.2) is 48.0 Å². The minimum Gasteiger partial charge on any atom is -0.488 e. The minimum absolute atomic E-state index is 0.0503. The van der Waals surface area contributed by atoms with Crippen LogP contribution in [0.5, 0.6) is 5.75 Å². The molecule has 1 saturated heterocycles. The average Bonchev–Trinajstić information content (AvgIpc) is 2.73. The number of hydrogen-bond acceptors (Lipinski definition) is 4. The van der Waals surface area contributed by atoms with Crippen molar-refractivity contribution in [2.24, 2.45) is 0 Å². The SMILES string of the molecule is O=C(Nc1cc(C(F)(F)F)ccc1N1CCOCC1)C1=Cc2ccccc2OC1. The number of nitrogens with one attached hydrogen (secondary N) is 1.